The van der Waals surface area contributed by atoms with Gasteiger partial charge in [-0.2, -0.15) is 0 Å². The summed E-state index contributed by atoms with van der Waals surface area (Å²) in [5.41, 5.74) is 0.314. The summed E-state index contributed by atoms with van der Waals surface area (Å²) in [4.78, 5) is 36.2. The zero-order valence-corrected chi connectivity index (χ0v) is 21.0. The quantitative estimate of drug-likeness (QED) is 0.109. The van der Waals surface area contributed by atoms with Gasteiger partial charge < -0.3 is 18.9 Å². The molecule has 0 aliphatic carbocycles. The molecule has 0 fully saturated rings. The fraction of sp³-hybridized carbons (Fsp3) is 0.654. The highest BCUT2D eigenvalue weighted by Crippen LogP contribution is 2.24. The fourth-order valence-corrected chi connectivity index (χ4v) is 3.32. The topological polar surface area (TPSA) is 100 Å². The molecule has 0 aromatic heterocycles. The van der Waals surface area contributed by atoms with E-state index in [9.17, 15) is 14.4 Å². The zero-order chi connectivity index (χ0) is 25.0. The first kappa shape index (κ1) is 29.3. The summed E-state index contributed by atoms with van der Waals surface area (Å²) in [6, 6.07) is 4.28. The zero-order valence-electron chi connectivity index (χ0n) is 21.0. The van der Waals surface area contributed by atoms with E-state index in [2.05, 4.69) is 19.2 Å². The molecule has 192 valence electrons. The molecule has 0 radical (unpaired) electrons. The number of anilines is 1. The van der Waals surface area contributed by atoms with Crippen LogP contribution in [0.3, 0.4) is 0 Å². The number of rotatable bonds is 17. The van der Waals surface area contributed by atoms with Crippen LogP contribution in [0, 0.1) is 0 Å². The second kappa shape index (κ2) is 18.6. The number of hydrogen-bond acceptors (Lipinski definition) is 7. The van der Waals surface area contributed by atoms with E-state index >= 15 is 0 Å². The Balaban J connectivity index is 2.50. The molecule has 0 saturated carbocycles. The molecule has 8 heteroatoms. The highest BCUT2D eigenvalue weighted by molar-refractivity contribution is 5.95. The number of carbonyl (C=O) groups is 3. The van der Waals surface area contributed by atoms with Crippen LogP contribution in [0.2, 0.25) is 0 Å². The molecule has 0 saturated heterocycles. The monoisotopic (exact) mass is 479 g/mol. The van der Waals surface area contributed by atoms with E-state index in [1.807, 2.05) is 0 Å². The van der Waals surface area contributed by atoms with Crippen LogP contribution in [0.4, 0.5) is 15.3 Å². The lowest BCUT2D eigenvalue weighted by Crippen LogP contribution is -2.16. The van der Waals surface area contributed by atoms with Gasteiger partial charge >= 0.3 is 18.2 Å². The maximum atomic E-state index is 12.2. The first-order chi connectivity index (χ1) is 16.5. The number of benzene rings is 1. The number of nitrogens with one attached hydrogen (secondary N) is 1. The van der Waals surface area contributed by atoms with E-state index in [1.165, 1.54) is 63.8 Å². The molecular weight excluding hydrogens is 438 g/mol. The molecular formula is C26H41NO7. The van der Waals surface area contributed by atoms with Gasteiger partial charge in [0.15, 0.2) is 0 Å². The highest BCUT2D eigenvalue weighted by Gasteiger charge is 2.18. The van der Waals surface area contributed by atoms with Crippen molar-refractivity contribution in [2.24, 2.45) is 0 Å². The highest BCUT2D eigenvalue weighted by atomic mass is 16.7. The molecule has 1 rings (SSSR count). The van der Waals surface area contributed by atoms with E-state index in [0.29, 0.717) is 12.3 Å². The number of ether oxygens (including phenoxy) is 4. The number of carbonyl (C=O) groups excluding carboxylic acids is 3. The molecule has 1 N–H and O–H groups in total. The van der Waals surface area contributed by atoms with E-state index in [0.717, 1.165) is 38.5 Å². The molecule has 0 spiro atoms. The average Bonchev–Trinajstić information content (AvgIpc) is 2.83. The second-order valence-corrected chi connectivity index (χ2v) is 8.20. The van der Waals surface area contributed by atoms with Crippen LogP contribution in [-0.4, -0.2) is 38.5 Å². The summed E-state index contributed by atoms with van der Waals surface area (Å²) < 4.78 is 20.2. The molecule has 0 heterocycles. The molecule has 8 nitrogen and oxygen atoms in total. The van der Waals surface area contributed by atoms with Crippen molar-refractivity contribution in [1.29, 1.82) is 0 Å². The number of amides is 1. The lowest BCUT2D eigenvalue weighted by Gasteiger charge is -2.12. The Bertz CT molecular complexity index is 736. The van der Waals surface area contributed by atoms with Crippen LogP contribution in [-0.2, 0) is 14.2 Å². The average molecular weight is 480 g/mol. The SMILES string of the molecule is CCCCCCCCOC(=O)Nc1ccc(OC(=O)OCCCCCCCC)c(C(=O)OC)c1. The van der Waals surface area contributed by atoms with Crippen molar-refractivity contribution >= 4 is 23.9 Å². The van der Waals surface area contributed by atoms with Gasteiger partial charge in [0.2, 0.25) is 0 Å². The van der Waals surface area contributed by atoms with E-state index in [1.54, 1.807) is 0 Å². The van der Waals surface area contributed by atoms with Crippen LogP contribution in [0.5, 0.6) is 5.75 Å². The van der Waals surface area contributed by atoms with Crippen LogP contribution >= 0.6 is 0 Å². The predicted molar refractivity (Wildman–Crippen MR) is 131 cm³/mol. The largest absolute Gasteiger partial charge is 0.513 e. The van der Waals surface area contributed by atoms with Crippen LogP contribution in [0.15, 0.2) is 18.2 Å². The Kier molecular flexibility index (Phi) is 16.0. The minimum absolute atomic E-state index is 0.00672. The fourth-order valence-electron chi connectivity index (χ4n) is 3.32. The first-order valence-corrected chi connectivity index (χ1v) is 12.5. The Morgan fingerprint density at radius 1 is 0.765 bits per heavy atom. The molecule has 0 unspecified atom stereocenters. The molecule has 34 heavy (non-hydrogen) atoms. The van der Waals surface area contributed by atoms with Gasteiger partial charge in [0, 0.05) is 5.69 Å². The molecule has 1 amide bonds. The van der Waals surface area contributed by atoms with Gasteiger partial charge in [-0.3, -0.25) is 5.32 Å². The Labute approximate surface area is 203 Å². The number of esters is 1. The maximum absolute atomic E-state index is 12.2. The first-order valence-electron chi connectivity index (χ1n) is 12.5. The summed E-state index contributed by atoms with van der Waals surface area (Å²) in [7, 11) is 1.22. The van der Waals surface area contributed by atoms with Crippen molar-refractivity contribution in [3.05, 3.63) is 23.8 Å². The van der Waals surface area contributed by atoms with Crippen molar-refractivity contribution in [3.63, 3.8) is 0 Å². The summed E-state index contributed by atoms with van der Waals surface area (Å²) in [6.45, 7) is 4.91. The van der Waals surface area contributed by atoms with Gasteiger partial charge in [0.05, 0.1) is 20.3 Å². The standard InChI is InChI=1S/C26H41NO7/c1-4-6-8-10-12-14-18-32-25(29)27-21-16-17-23(22(20-21)24(28)31-3)34-26(30)33-19-15-13-11-9-7-5-2/h16-17,20H,4-15,18-19H2,1-3H3,(H,27,29). The summed E-state index contributed by atoms with van der Waals surface area (Å²) >= 11 is 0. The Morgan fingerprint density at radius 2 is 1.32 bits per heavy atom. The van der Waals surface area contributed by atoms with E-state index in [-0.39, 0.29) is 17.9 Å². The van der Waals surface area contributed by atoms with Crippen molar-refractivity contribution in [2.75, 3.05) is 25.6 Å². The van der Waals surface area contributed by atoms with Gasteiger partial charge in [-0.25, -0.2) is 14.4 Å². The minimum atomic E-state index is -0.891. The van der Waals surface area contributed by atoms with Gasteiger partial charge in [0.1, 0.15) is 11.3 Å². The van der Waals surface area contributed by atoms with Crippen LogP contribution < -0.4 is 10.1 Å². The normalized spacial score (nSPS) is 10.4. The maximum Gasteiger partial charge on any atom is 0.513 e. The van der Waals surface area contributed by atoms with Gasteiger partial charge in [-0.1, -0.05) is 78.1 Å². The van der Waals surface area contributed by atoms with Crippen molar-refractivity contribution in [3.8, 4) is 5.75 Å². The van der Waals surface area contributed by atoms with Crippen molar-refractivity contribution in [1.82, 2.24) is 0 Å². The third-order valence-corrected chi connectivity index (χ3v) is 5.27. The minimum Gasteiger partial charge on any atom is -0.465 e. The number of hydrogen-bond donors (Lipinski definition) is 1. The third kappa shape index (κ3) is 13.1. The third-order valence-electron chi connectivity index (χ3n) is 5.27. The Morgan fingerprint density at radius 3 is 1.91 bits per heavy atom. The summed E-state index contributed by atoms with van der Waals surface area (Å²) in [6.07, 6.45) is 11.5. The molecule has 1 aromatic carbocycles. The van der Waals surface area contributed by atoms with Crippen LogP contribution in [0.25, 0.3) is 0 Å². The lowest BCUT2D eigenvalue weighted by atomic mass is 10.1. The second-order valence-electron chi connectivity index (χ2n) is 8.20. The van der Waals surface area contributed by atoms with Crippen LogP contribution in [0.1, 0.15) is 101 Å². The number of methoxy groups -OCH3 is 1. The van der Waals surface area contributed by atoms with Gasteiger partial charge in [-0.15, -0.1) is 0 Å². The lowest BCUT2D eigenvalue weighted by molar-refractivity contribution is 0.0594. The molecule has 1 aromatic rings. The molecule has 0 bridgehead atoms. The summed E-state index contributed by atoms with van der Waals surface area (Å²) in [5.74, 6) is -0.714. The predicted octanol–water partition coefficient (Wildman–Crippen LogP) is 7.26. The van der Waals surface area contributed by atoms with E-state index < -0.39 is 18.2 Å². The molecule has 0 atom stereocenters. The number of unbranched alkanes of at least 4 members (excludes halogenated alkanes) is 10. The van der Waals surface area contributed by atoms with E-state index in [4.69, 9.17) is 18.9 Å². The van der Waals surface area contributed by atoms with Gasteiger partial charge in [-0.05, 0) is 31.0 Å². The van der Waals surface area contributed by atoms with Gasteiger partial charge in [0.25, 0.3) is 0 Å². The van der Waals surface area contributed by atoms with Crippen molar-refractivity contribution in [2.45, 2.75) is 90.9 Å². The molecule has 0 aliphatic rings. The molecule has 0 aliphatic heterocycles. The Hall–Kier alpha value is -2.77. The van der Waals surface area contributed by atoms with Crippen molar-refractivity contribution < 1.29 is 33.3 Å². The smallest absolute Gasteiger partial charge is 0.465 e. The summed E-state index contributed by atoms with van der Waals surface area (Å²) in [5, 5.41) is 2.58.